The van der Waals surface area contributed by atoms with Crippen molar-refractivity contribution < 1.29 is 9.53 Å². The van der Waals surface area contributed by atoms with Crippen molar-refractivity contribution >= 4 is 5.91 Å². The normalized spacial score (nSPS) is 28.5. The van der Waals surface area contributed by atoms with Crippen LogP contribution in [-0.2, 0) is 9.53 Å². The molecule has 4 heteroatoms. The van der Waals surface area contributed by atoms with Crippen molar-refractivity contribution in [3.8, 4) is 0 Å². The van der Waals surface area contributed by atoms with Crippen LogP contribution in [0, 0.1) is 5.92 Å². The lowest BCUT2D eigenvalue weighted by molar-refractivity contribution is -0.125. The van der Waals surface area contributed by atoms with Gasteiger partial charge >= 0.3 is 0 Å². The molecule has 2 fully saturated rings. The first-order chi connectivity index (χ1) is 10.2. The van der Waals surface area contributed by atoms with Crippen LogP contribution in [-0.4, -0.2) is 30.7 Å². The van der Waals surface area contributed by atoms with Gasteiger partial charge in [-0.1, -0.05) is 32.6 Å². The van der Waals surface area contributed by atoms with E-state index in [0.29, 0.717) is 18.9 Å². The molecule has 4 nitrogen and oxygen atoms in total. The van der Waals surface area contributed by atoms with Crippen molar-refractivity contribution in [1.29, 1.82) is 0 Å². The maximum Gasteiger partial charge on any atom is 0.220 e. The molecular formula is C17H32N2O2. The Kier molecular flexibility index (Phi) is 6.49. The molecule has 2 aliphatic carbocycles. The Morgan fingerprint density at radius 2 is 2.00 bits per heavy atom. The van der Waals surface area contributed by atoms with E-state index in [0.717, 1.165) is 38.7 Å². The van der Waals surface area contributed by atoms with Gasteiger partial charge in [0.1, 0.15) is 0 Å². The zero-order chi connectivity index (χ0) is 15.1. The van der Waals surface area contributed by atoms with Gasteiger partial charge < -0.3 is 15.8 Å². The quantitative estimate of drug-likeness (QED) is 0.759. The largest absolute Gasteiger partial charge is 0.373 e. The van der Waals surface area contributed by atoms with Crippen molar-refractivity contribution in [2.75, 3.05) is 13.2 Å². The Bertz CT molecular complexity index is 327. The fraction of sp³-hybridized carbons (Fsp3) is 0.941. The first-order valence-electron chi connectivity index (χ1n) is 8.81. The van der Waals surface area contributed by atoms with Crippen LogP contribution in [0.5, 0.6) is 0 Å². The molecule has 0 heterocycles. The highest BCUT2D eigenvalue weighted by Gasteiger charge is 2.33. The molecule has 0 aromatic carbocycles. The van der Waals surface area contributed by atoms with Crippen LogP contribution in [0.1, 0.15) is 71.1 Å². The van der Waals surface area contributed by atoms with Crippen molar-refractivity contribution in [2.24, 2.45) is 11.7 Å². The van der Waals surface area contributed by atoms with Crippen LogP contribution in [0.4, 0.5) is 0 Å². The zero-order valence-corrected chi connectivity index (χ0v) is 13.5. The topological polar surface area (TPSA) is 64.3 Å². The van der Waals surface area contributed by atoms with Crippen LogP contribution in [0.25, 0.3) is 0 Å². The first-order valence-corrected chi connectivity index (χ1v) is 8.81. The van der Waals surface area contributed by atoms with Gasteiger partial charge in [0.15, 0.2) is 0 Å². The maximum atomic E-state index is 12.2. The molecule has 0 aliphatic heterocycles. The molecule has 2 rings (SSSR count). The van der Waals surface area contributed by atoms with E-state index in [9.17, 15) is 4.79 Å². The van der Waals surface area contributed by atoms with Gasteiger partial charge in [0.2, 0.25) is 5.91 Å². The van der Waals surface area contributed by atoms with Crippen LogP contribution in [0.2, 0.25) is 0 Å². The summed E-state index contributed by atoms with van der Waals surface area (Å²) < 4.78 is 6.12. The van der Waals surface area contributed by atoms with E-state index in [-0.39, 0.29) is 17.6 Å². The van der Waals surface area contributed by atoms with Gasteiger partial charge in [-0.3, -0.25) is 4.79 Å². The van der Waals surface area contributed by atoms with E-state index in [1.54, 1.807) is 0 Å². The number of hydrogen-bond acceptors (Lipinski definition) is 3. The third kappa shape index (κ3) is 4.96. The van der Waals surface area contributed by atoms with Crippen molar-refractivity contribution in [2.45, 2.75) is 82.8 Å². The van der Waals surface area contributed by atoms with Crippen molar-refractivity contribution in [3.63, 3.8) is 0 Å². The highest BCUT2D eigenvalue weighted by molar-refractivity contribution is 5.76. The van der Waals surface area contributed by atoms with Gasteiger partial charge in [0.05, 0.1) is 5.60 Å². The molecule has 2 aliphatic rings. The van der Waals surface area contributed by atoms with Crippen LogP contribution in [0.3, 0.4) is 0 Å². The van der Waals surface area contributed by atoms with Crippen molar-refractivity contribution in [1.82, 2.24) is 5.32 Å². The summed E-state index contributed by atoms with van der Waals surface area (Å²) in [5.41, 5.74) is 5.94. The van der Waals surface area contributed by atoms with Gasteiger partial charge in [-0.05, 0) is 38.0 Å². The van der Waals surface area contributed by atoms with E-state index in [4.69, 9.17) is 10.5 Å². The van der Waals surface area contributed by atoms with Crippen molar-refractivity contribution in [3.05, 3.63) is 0 Å². The van der Waals surface area contributed by atoms with E-state index in [1.165, 1.54) is 25.7 Å². The van der Waals surface area contributed by atoms with Gasteiger partial charge in [-0.25, -0.2) is 0 Å². The molecule has 0 saturated heterocycles. The fourth-order valence-corrected chi connectivity index (χ4v) is 3.78. The molecule has 0 aromatic heterocycles. The lowest BCUT2D eigenvalue weighted by atomic mass is 9.84. The number of ether oxygens (including phenoxy) is 1. The summed E-state index contributed by atoms with van der Waals surface area (Å²) in [6.45, 7) is 3.60. The summed E-state index contributed by atoms with van der Waals surface area (Å²) in [6, 6.07) is 0.218. The molecule has 122 valence electrons. The predicted molar refractivity (Wildman–Crippen MR) is 85.0 cm³/mol. The predicted octanol–water partition coefficient (Wildman–Crippen LogP) is 2.75. The Morgan fingerprint density at radius 1 is 1.24 bits per heavy atom. The highest BCUT2D eigenvalue weighted by atomic mass is 16.5. The second kappa shape index (κ2) is 8.14. The number of amides is 1. The molecule has 0 unspecified atom stereocenters. The minimum absolute atomic E-state index is 0.109. The van der Waals surface area contributed by atoms with Gasteiger partial charge in [-0.2, -0.15) is 0 Å². The number of nitrogens with two attached hydrogens (primary N) is 1. The third-order valence-corrected chi connectivity index (χ3v) is 5.15. The maximum absolute atomic E-state index is 12.2. The lowest BCUT2D eigenvalue weighted by Gasteiger charge is -2.37. The smallest absolute Gasteiger partial charge is 0.220 e. The third-order valence-electron chi connectivity index (χ3n) is 5.15. The van der Waals surface area contributed by atoms with Crippen LogP contribution in [0.15, 0.2) is 0 Å². The summed E-state index contributed by atoms with van der Waals surface area (Å²) in [6.07, 6.45) is 10.8. The summed E-state index contributed by atoms with van der Waals surface area (Å²) in [5.74, 6) is 0.534. The number of nitrogens with one attached hydrogen (secondary N) is 1. The summed E-state index contributed by atoms with van der Waals surface area (Å²) in [7, 11) is 0. The van der Waals surface area contributed by atoms with Gasteiger partial charge in [0, 0.05) is 25.6 Å². The van der Waals surface area contributed by atoms with Crippen LogP contribution >= 0.6 is 0 Å². The fourth-order valence-electron chi connectivity index (χ4n) is 3.78. The molecule has 3 N–H and O–H groups in total. The first kappa shape index (κ1) is 16.8. The molecule has 2 saturated carbocycles. The SMILES string of the molecule is CCCOC1(CNC(=O)C[C@@H]2CCC[C@H]2N)CCCCC1. The monoisotopic (exact) mass is 296 g/mol. The minimum Gasteiger partial charge on any atom is -0.373 e. The Morgan fingerprint density at radius 3 is 2.62 bits per heavy atom. The molecule has 2 atom stereocenters. The second-order valence-corrected chi connectivity index (χ2v) is 6.93. The minimum atomic E-state index is -0.109. The lowest BCUT2D eigenvalue weighted by Crippen LogP contribution is -2.47. The number of hydrogen-bond donors (Lipinski definition) is 2. The van der Waals surface area contributed by atoms with E-state index in [2.05, 4.69) is 12.2 Å². The standard InChI is InChI=1S/C17H32N2O2/c1-2-11-21-17(9-4-3-5-10-17)13-19-16(20)12-14-7-6-8-15(14)18/h14-15H,2-13,18H2,1H3,(H,19,20)/t14-,15+/m0/s1. The number of carbonyl (C=O) groups excluding carboxylic acids is 1. The molecule has 0 aromatic rings. The molecule has 1 amide bonds. The summed E-state index contributed by atoms with van der Waals surface area (Å²) in [4.78, 5) is 12.2. The molecule has 0 radical (unpaired) electrons. The zero-order valence-electron chi connectivity index (χ0n) is 13.5. The number of carbonyl (C=O) groups is 1. The van der Waals surface area contributed by atoms with E-state index < -0.39 is 0 Å². The Balaban J connectivity index is 1.78. The molecule has 21 heavy (non-hydrogen) atoms. The molecular weight excluding hydrogens is 264 g/mol. The molecule has 0 spiro atoms. The highest BCUT2D eigenvalue weighted by Crippen LogP contribution is 2.31. The number of rotatable bonds is 7. The second-order valence-electron chi connectivity index (χ2n) is 6.93. The van der Waals surface area contributed by atoms with Gasteiger partial charge in [-0.15, -0.1) is 0 Å². The Hall–Kier alpha value is -0.610. The average Bonchev–Trinajstić information content (AvgIpc) is 2.89. The summed E-state index contributed by atoms with van der Waals surface area (Å²) in [5, 5.41) is 3.13. The van der Waals surface area contributed by atoms with Crippen LogP contribution < -0.4 is 11.1 Å². The molecule has 0 bridgehead atoms. The average molecular weight is 296 g/mol. The van der Waals surface area contributed by atoms with Gasteiger partial charge in [0.25, 0.3) is 0 Å². The Labute approximate surface area is 129 Å². The van der Waals surface area contributed by atoms with E-state index in [1.807, 2.05) is 0 Å². The van der Waals surface area contributed by atoms with E-state index >= 15 is 0 Å². The summed E-state index contributed by atoms with van der Waals surface area (Å²) >= 11 is 0.